The van der Waals surface area contributed by atoms with Crippen LogP contribution in [-0.4, -0.2) is 29.2 Å². The van der Waals surface area contributed by atoms with Gasteiger partial charge in [-0.3, -0.25) is 9.59 Å². The number of halogens is 1. The van der Waals surface area contributed by atoms with Gasteiger partial charge in [-0.05, 0) is 42.3 Å². The number of aryl methyl sites for hydroxylation is 1. The molecule has 144 valence electrons. The Morgan fingerprint density at radius 3 is 2.68 bits per heavy atom. The van der Waals surface area contributed by atoms with Gasteiger partial charge < -0.3 is 10.1 Å². The zero-order valence-corrected chi connectivity index (χ0v) is 16.1. The first-order valence-electron chi connectivity index (χ1n) is 8.67. The first-order valence-corrected chi connectivity index (χ1v) is 9.66. The molecule has 0 unspecified atom stereocenters. The number of hydrogen-bond donors (Lipinski definition) is 1. The van der Waals surface area contributed by atoms with Gasteiger partial charge in [-0.15, -0.1) is 0 Å². The molecule has 3 aromatic rings. The highest BCUT2D eigenvalue weighted by atomic mass is 32.2. The monoisotopic (exact) mass is 398 g/mol. The second-order valence-electron chi connectivity index (χ2n) is 6.15. The lowest BCUT2D eigenvalue weighted by Gasteiger charge is -2.08. The maximum atomic E-state index is 12.8. The highest BCUT2D eigenvalue weighted by Crippen LogP contribution is 2.23. The number of esters is 1. The fourth-order valence-electron chi connectivity index (χ4n) is 2.57. The van der Waals surface area contributed by atoms with E-state index in [0.717, 1.165) is 27.1 Å². The van der Waals surface area contributed by atoms with Crippen molar-refractivity contribution in [3.63, 3.8) is 0 Å². The molecule has 0 aliphatic rings. The average molecular weight is 398 g/mol. The van der Waals surface area contributed by atoms with E-state index in [2.05, 4.69) is 10.3 Å². The van der Waals surface area contributed by atoms with Crippen molar-refractivity contribution in [1.29, 1.82) is 0 Å². The Labute approximate surface area is 166 Å². The number of amides is 1. The van der Waals surface area contributed by atoms with Crippen molar-refractivity contribution in [2.45, 2.75) is 18.5 Å². The van der Waals surface area contributed by atoms with Crippen LogP contribution in [-0.2, 0) is 20.9 Å². The standard InChI is InChI=1S/C21H19FN2O3S/c1-14-10-20(24-18-5-3-2-4-17(14)18)28-13-21(26)27-12-19(25)23-11-15-6-8-16(22)9-7-15/h2-10H,11-13H2,1H3,(H,23,25). The molecule has 28 heavy (non-hydrogen) atoms. The molecule has 3 rings (SSSR count). The quantitative estimate of drug-likeness (QED) is 0.486. The number of thioether (sulfide) groups is 1. The molecular weight excluding hydrogens is 379 g/mol. The number of nitrogens with one attached hydrogen (secondary N) is 1. The van der Waals surface area contributed by atoms with Crippen LogP contribution in [0.25, 0.3) is 10.9 Å². The lowest BCUT2D eigenvalue weighted by molar-refractivity contribution is -0.145. The Hall–Kier alpha value is -2.93. The summed E-state index contributed by atoms with van der Waals surface area (Å²) in [6, 6.07) is 15.5. The van der Waals surface area contributed by atoms with Crippen LogP contribution < -0.4 is 5.32 Å². The fraction of sp³-hybridized carbons (Fsp3) is 0.190. The minimum Gasteiger partial charge on any atom is -0.455 e. The Morgan fingerprint density at radius 1 is 1.14 bits per heavy atom. The topological polar surface area (TPSA) is 68.3 Å². The van der Waals surface area contributed by atoms with Gasteiger partial charge >= 0.3 is 5.97 Å². The second-order valence-corrected chi connectivity index (χ2v) is 7.14. The van der Waals surface area contributed by atoms with Gasteiger partial charge in [0.2, 0.25) is 0 Å². The van der Waals surface area contributed by atoms with Crippen LogP contribution >= 0.6 is 11.8 Å². The molecule has 5 nitrogen and oxygen atoms in total. The highest BCUT2D eigenvalue weighted by molar-refractivity contribution is 7.99. The van der Waals surface area contributed by atoms with Crippen molar-refractivity contribution in [2.24, 2.45) is 0 Å². The Kier molecular flexibility index (Phi) is 6.60. The van der Waals surface area contributed by atoms with Gasteiger partial charge in [0.05, 0.1) is 16.3 Å². The number of rotatable bonds is 7. The second kappa shape index (κ2) is 9.32. The van der Waals surface area contributed by atoms with Crippen LogP contribution in [0.2, 0.25) is 0 Å². The van der Waals surface area contributed by atoms with Crippen LogP contribution in [0, 0.1) is 12.7 Å². The summed E-state index contributed by atoms with van der Waals surface area (Å²) in [7, 11) is 0. The van der Waals surface area contributed by atoms with Gasteiger partial charge in [0.25, 0.3) is 5.91 Å². The van der Waals surface area contributed by atoms with E-state index >= 15 is 0 Å². The van der Waals surface area contributed by atoms with Crippen molar-refractivity contribution in [2.75, 3.05) is 12.4 Å². The first-order chi connectivity index (χ1) is 13.5. The number of benzene rings is 2. The van der Waals surface area contributed by atoms with E-state index in [0.29, 0.717) is 0 Å². The SMILES string of the molecule is Cc1cc(SCC(=O)OCC(=O)NCc2ccc(F)cc2)nc2ccccc12. The molecule has 0 saturated carbocycles. The Bertz CT molecular complexity index is 993. The van der Waals surface area contributed by atoms with E-state index in [4.69, 9.17) is 4.74 Å². The van der Waals surface area contributed by atoms with Crippen LogP contribution in [0.5, 0.6) is 0 Å². The number of carbonyl (C=O) groups excluding carboxylic acids is 2. The molecule has 0 spiro atoms. The summed E-state index contributed by atoms with van der Waals surface area (Å²) >= 11 is 1.27. The number of para-hydroxylation sites is 1. The predicted molar refractivity (Wildman–Crippen MR) is 106 cm³/mol. The molecule has 1 N–H and O–H groups in total. The normalized spacial score (nSPS) is 10.6. The molecule has 1 heterocycles. The van der Waals surface area contributed by atoms with E-state index < -0.39 is 11.9 Å². The number of pyridine rings is 1. The van der Waals surface area contributed by atoms with Crippen LogP contribution in [0.1, 0.15) is 11.1 Å². The summed E-state index contributed by atoms with van der Waals surface area (Å²) in [6.45, 7) is 1.88. The molecule has 0 atom stereocenters. The molecule has 0 radical (unpaired) electrons. The zero-order chi connectivity index (χ0) is 19.9. The Morgan fingerprint density at radius 2 is 1.89 bits per heavy atom. The van der Waals surface area contributed by atoms with Gasteiger partial charge in [-0.25, -0.2) is 9.37 Å². The number of carbonyl (C=O) groups is 2. The summed E-state index contributed by atoms with van der Waals surface area (Å²) in [5, 5.41) is 4.42. The molecule has 0 aliphatic heterocycles. The number of aromatic nitrogens is 1. The maximum Gasteiger partial charge on any atom is 0.316 e. The number of hydrogen-bond acceptors (Lipinski definition) is 5. The molecule has 7 heteroatoms. The summed E-state index contributed by atoms with van der Waals surface area (Å²) in [6.07, 6.45) is 0. The minimum atomic E-state index is -0.491. The van der Waals surface area contributed by atoms with Gasteiger partial charge in [0, 0.05) is 11.9 Å². The molecule has 1 aromatic heterocycles. The summed E-state index contributed by atoms with van der Waals surface area (Å²) < 4.78 is 17.8. The number of ether oxygens (including phenoxy) is 1. The molecule has 0 aliphatic carbocycles. The van der Waals surface area contributed by atoms with Crippen molar-refractivity contribution >= 4 is 34.5 Å². The van der Waals surface area contributed by atoms with Gasteiger partial charge in [0.1, 0.15) is 5.82 Å². The number of fused-ring (bicyclic) bond motifs is 1. The molecule has 2 aromatic carbocycles. The van der Waals surface area contributed by atoms with E-state index in [1.54, 1.807) is 12.1 Å². The van der Waals surface area contributed by atoms with Crippen molar-refractivity contribution in [3.05, 3.63) is 71.5 Å². The van der Waals surface area contributed by atoms with Crippen LogP contribution in [0.15, 0.2) is 59.6 Å². The summed E-state index contributed by atoms with van der Waals surface area (Å²) in [5.41, 5.74) is 2.72. The zero-order valence-electron chi connectivity index (χ0n) is 15.3. The summed E-state index contributed by atoms with van der Waals surface area (Å²) in [4.78, 5) is 28.2. The van der Waals surface area contributed by atoms with Gasteiger partial charge in [-0.1, -0.05) is 42.1 Å². The third kappa shape index (κ3) is 5.53. The predicted octanol–water partition coefficient (Wildman–Crippen LogP) is 3.63. The van der Waals surface area contributed by atoms with Crippen LogP contribution in [0.3, 0.4) is 0 Å². The van der Waals surface area contributed by atoms with E-state index in [1.165, 1.54) is 23.9 Å². The lowest BCUT2D eigenvalue weighted by Crippen LogP contribution is -2.28. The minimum absolute atomic E-state index is 0.0655. The maximum absolute atomic E-state index is 12.8. The van der Waals surface area contributed by atoms with E-state index in [1.807, 2.05) is 37.3 Å². The third-order valence-electron chi connectivity index (χ3n) is 4.00. The van der Waals surface area contributed by atoms with Gasteiger partial charge in [-0.2, -0.15) is 0 Å². The number of nitrogens with zero attached hydrogens (tertiary/aromatic N) is 1. The Balaban J connectivity index is 1.43. The van der Waals surface area contributed by atoms with E-state index in [-0.39, 0.29) is 24.7 Å². The third-order valence-corrected chi connectivity index (χ3v) is 4.89. The van der Waals surface area contributed by atoms with Crippen molar-refractivity contribution in [1.82, 2.24) is 10.3 Å². The summed E-state index contributed by atoms with van der Waals surface area (Å²) in [5.74, 6) is -1.18. The van der Waals surface area contributed by atoms with E-state index in [9.17, 15) is 14.0 Å². The molecule has 0 saturated heterocycles. The average Bonchev–Trinajstić information content (AvgIpc) is 2.70. The highest BCUT2D eigenvalue weighted by Gasteiger charge is 2.10. The molecule has 1 amide bonds. The van der Waals surface area contributed by atoms with Gasteiger partial charge in [0.15, 0.2) is 6.61 Å². The van der Waals surface area contributed by atoms with Crippen molar-refractivity contribution in [3.8, 4) is 0 Å². The molecule has 0 fully saturated rings. The lowest BCUT2D eigenvalue weighted by atomic mass is 10.1. The molecule has 0 bridgehead atoms. The smallest absolute Gasteiger partial charge is 0.316 e. The fourth-order valence-corrected chi connectivity index (χ4v) is 3.34. The first kappa shape index (κ1) is 19.8. The van der Waals surface area contributed by atoms with Crippen LogP contribution in [0.4, 0.5) is 4.39 Å². The van der Waals surface area contributed by atoms with Crippen molar-refractivity contribution < 1.29 is 18.7 Å². The molecular formula is C21H19FN2O3S. The largest absolute Gasteiger partial charge is 0.455 e.